The second-order valence-corrected chi connectivity index (χ2v) is 22.2. The van der Waals surface area contributed by atoms with Gasteiger partial charge >= 0.3 is 5.51 Å². The molecule has 286 valence electrons. The molecule has 1 amide bonds. The van der Waals surface area contributed by atoms with Crippen molar-refractivity contribution in [2.75, 3.05) is 30.8 Å². The Morgan fingerprint density at radius 2 is 1.40 bits per heavy atom. The van der Waals surface area contributed by atoms with E-state index < -0.39 is 55.2 Å². The van der Waals surface area contributed by atoms with Gasteiger partial charge in [-0.25, -0.2) is 22.0 Å². The zero-order valence-corrected chi connectivity index (χ0v) is 33.3. The van der Waals surface area contributed by atoms with Crippen LogP contribution in [0.15, 0.2) is 124 Å². The number of sulfonamides is 1. The summed E-state index contributed by atoms with van der Waals surface area (Å²) in [6.45, 7) is 8.96. The van der Waals surface area contributed by atoms with Crippen molar-refractivity contribution in [1.82, 2.24) is 4.90 Å². The minimum absolute atomic E-state index is 0.147. The van der Waals surface area contributed by atoms with Crippen LogP contribution in [0.4, 0.5) is 18.9 Å². The summed E-state index contributed by atoms with van der Waals surface area (Å²) in [4.78, 5) is 14.2. The monoisotopic (exact) mass is 807 g/mol. The summed E-state index contributed by atoms with van der Waals surface area (Å²) in [5.74, 6) is -0.194. The molecule has 0 fully saturated rings. The normalized spacial score (nSPS) is 13.4. The Morgan fingerprint density at radius 3 is 1.87 bits per heavy atom. The quantitative estimate of drug-likeness (QED) is 0.104. The van der Waals surface area contributed by atoms with Crippen molar-refractivity contribution in [3.63, 3.8) is 0 Å². The third kappa shape index (κ3) is 10.1. The standard InChI is InChI=1S/C37H44F3N3O6S3Si/c1-5-43(23-24-49-53(36(2,3)4,31-17-11-7-12-18-31)32-19-13-8-14-20-32)35(44)25-28(27-50-29-15-9-6-10-16-29)42-33-22-21-30(52(41,47)48)26-34(33)51(45,46)37(38,39)40/h6-22,26,28,42H,5,23-25,27H2,1-4H3,(H2,41,47,48)/t28-/m1/s1. The summed E-state index contributed by atoms with van der Waals surface area (Å²) in [5.41, 5.74) is -6.26. The van der Waals surface area contributed by atoms with Crippen LogP contribution < -0.4 is 20.8 Å². The van der Waals surface area contributed by atoms with Crippen LogP contribution in [0.25, 0.3) is 0 Å². The van der Waals surface area contributed by atoms with E-state index in [0.717, 1.165) is 27.4 Å². The van der Waals surface area contributed by atoms with Gasteiger partial charge in [-0.2, -0.15) is 13.2 Å². The largest absolute Gasteiger partial charge is 0.501 e. The molecule has 0 aliphatic heterocycles. The number of benzene rings is 4. The number of carbonyl (C=O) groups excluding carboxylic acids is 1. The number of nitrogens with one attached hydrogen (secondary N) is 1. The van der Waals surface area contributed by atoms with Gasteiger partial charge in [-0.3, -0.25) is 4.79 Å². The lowest BCUT2D eigenvalue weighted by Crippen LogP contribution is -2.67. The van der Waals surface area contributed by atoms with E-state index in [1.807, 2.05) is 61.5 Å². The molecule has 3 N–H and O–H groups in total. The molecule has 0 heterocycles. The number of rotatable bonds is 16. The molecular formula is C37H44F3N3O6S3Si. The number of carbonyl (C=O) groups is 1. The van der Waals surface area contributed by atoms with Crippen molar-refractivity contribution >= 4 is 61.9 Å². The maximum atomic E-state index is 13.9. The molecular weight excluding hydrogens is 764 g/mol. The lowest BCUT2D eigenvalue weighted by atomic mass is 10.2. The number of nitrogens with zero attached hydrogens (tertiary/aromatic N) is 1. The van der Waals surface area contributed by atoms with Gasteiger partial charge in [0.15, 0.2) is 0 Å². The second kappa shape index (κ2) is 17.2. The van der Waals surface area contributed by atoms with E-state index in [2.05, 4.69) is 50.4 Å². The topological polar surface area (TPSA) is 136 Å². The second-order valence-electron chi connectivity index (χ2n) is 13.3. The van der Waals surface area contributed by atoms with Crippen LogP contribution in [-0.2, 0) is 29.1 Å². The van der Waals surface area contributed by atoms with Crippen molar-refractivity contribution in [3.05, 3.63) is 109 Å². The summed E-state index contributed by atoms with van der Waals surface area (Å²) in [7, 11) is -13.5. The number of hydrogen-bond donors (Lipinski definition) is 2. The summed E-state index contributed by atoms with van der Waals surface area (Å²) < 4.78 is 97.8. The van der Waals surface area contributed by atoms with Crippen LogP contribution in [0.5, 0.6) is 0 Å². The molecule has 4 rings (SSSR count). The van der Waals surface area contributed by atoms with Crippen LogP contribution in [0.2, 0.25) is 5.04 Å². The van der Waals surface area contributed by atoms with E-state index in [9.17, 15) is 34.8 Å². The van der Waals surface area contributed by atoms with Crippen LogP contribution in [-0.4, -0.2) is 73.0 Å². The van der Waals surface area contributed by atoms with E-state index in [4.69, 9.17) is 9.56 Å². The molecule has 0 saturated heterocycles. The number of primary sulfonamides is 1. The van der Waals surface area contributed by atoms with Crippen molar-refractivity contribution < 1.29 is 39.2 Å². The van der Waals surface area contributed by atoms with Crippen LogP contribution in [0.1, 0.15) is 34.1 Å². The molecule has 0 bridgehead atoms. The molecule has 0 aliphatic carbocycles. The summed E-state index contributed by atoms with van der Waals surface area (Å²) in [6, 6.07) is 30.5. The van der Waals surface area contributed by atoms with E-state index in [0.29, 0.717) is 12.6 Å². The zero-order chi connectivity index (χ0) is 39.1. The average molecular weight is 808 g/mol. The number of anilines is 1. The molecule has 0 saturated carbocycles. The van der Waals surface area contributed by atoms with Crippen LogP contribution in [0, 0.1) is 0 Å². The lowest BCUT2D eigenvalue weighted by molar-refractivity contribution is -0.131. The van der Waals surface area contributed by atoms with Crippen LogP contribution >= 0.6 is 11.8 Å². The number of likely N-dealkylation sites (N-methyl/N-ethyl adjacent to an activating group) is 1. The minimum atomic E-state index is -6.03. The van der Waals surface area contributed by atoms with Gasteiger partial charge < -0.3 is 14.6 Å². The highest BCUT2D eigenvalue weighted by atomic mass is 32.2. The number of sulfone groups is 1. The van der Waals surface area contributed by atoms with Crippen molar-refractivity contribution in [2.45, 2.75) is 65.4 Å². The van der Waals surface area contributed by atoms with Gasteiger partial charge in [-0.15, -0.1) is 11.8 Å². The van der Waals surface area contributed by atoms with Gasteiger partial charge in [0.1, 0.15) is 4.90 Å². The SMILES string of the molecule is CCN(CCO[Si](c1ccccc1)(c1ccccc1)C(C)(C)C)C(=O)C[C@H](CSc1ccccc1)Nc1ccc(S(N)(=O)=O)cc1S(=O)(=O)C(F)(F)F. The Hall–Kier alpha value is -3.67. The highest BCUT2D eigenvalue weighted by Gasteiger charge is 2.50. The van der Waals surface area contributed by atoms with Crippen molar-refractivity contribution in [3.8, 4) is 0 Å². The van der Waals surface area contributed by atoms with E-state index in [-0.39, 0.29) is 36.3 Å². The smallest absolute Gasteiger partial charge is 0.406 e. The third-order valence-electron chi connectivity index (χ3n) is 8.68. The van der Waals surface area contributed by atoms with E-state index >= 15 is 0 Å². The summed E-state index contributed by atoms with van der Waals surface area (Å²) >= 11 is 1.31. The van der Waals surface area contributed by atoms with Crippen LogP contribution in [0.3, 0.4) is 0 Å². The number of amides is 1. The van der Waals surface area contributed by atoms with Gasteiger partial charge in [0.05, 0.1) is 17.2 Å². The predicted octanol–water partition coefficient (Wildman–Crippen LogP) is 6.02. The Bertz CT molecular complexity index is 2010. The average Bonchev–Trinajstić information content (AvgIpc) is 3.10. The van der Waals surface area contributed by atoms with Gasteiger partial charge in [-0.1, -0.05) is 99.6 Å². The molecule has 4 aromatic rings. The third-order valence-corrected chi connectivity index (χ3v) is 17.3. The Labute approximate surface area is 315 Å². The number of hydrogen-bond acceptors (Lipinski definition) is 8. The predicted molar refractivity (Wildman–Crippen MR) is 206 cm³/mol. The first-order valence-electron chi connectivity index (χ1n) is 16.8. The van der Waals surface area contributed by atoms with Gasteiger partial charge in [-0.05, 0) is 52.7 Å². The fraction of sp³-hybridized carbons (Fsp3) is 0.324. The molecule has 9 nitrogen and oxygen atoms in total. The first-order valence-corrected chi connectivity index (χ1v) is 22.7. The lowest BCUT2D eigenvalue weighted by Gasteiger charge is -2.43. The first-order chi connectivity index (χ1) is 24.8. The van der Waals surface area contributed by atoms with E-state index in [1.165, 1.54) is 11.8 Å². The maximum absolute atomic E-state index is 13.9. The Morgan fingerprint density at radius 1 is 0.868 bits per heavy atom. The molecule has 53 heavy (non-hydrogen) atoms. The fourth-order valence-corrected chi connectivity index (χ4v) is 13.2. The number of nitrogens with two attached hydrogens (primary N) is 1. The van der Waals surface area contributed by atoms with Gasteiger partial charge in [0, 0.05) is 36.2 Å². The highest BCUT2D eigenvalue weighted by molar-refractivity contribution is 7.99. The van der Waals surface area contributed by atoms with E-state index in [1.54, 1.807) is 17.0 Å². The molecule has 0 radical (unpaired) electrons. The molecule has 0 spiro atoms. The first kappa shape index (κ1) is 42.1. The van der Waals surface area contributed by atoms with Crippen molar-refractivity contribution in [1.29, 1.82) is 0 Å². The number of thioether (sulfide) groups is 1. The molecule has 1 atom stereocenters. The van der Waals surface area contributed by atoms with Gasteiger partial charge in [0.2, 0.25) is 15.9 Å². The molecule has 4 aromatic carbocycles. The molecule has 0 aromatic heterocycles. The summed E-state index contributed by atoms with van der Waals surface area (Å²) in [5, 5.41) is 9.80. The Kier molecular flexibility index (Phi) is 13.7. The number of alkyl halides is 3. The zero-order valence-electron chi connectivity index (χ0n) is 29.8. The molecule has 0 aliphatic rings. The number of halogens is 3. The molecule has 16 heteroatoms. The summed E-state index contributed by atoms with van der Waals surface area (Å²) in [6.07, 6.45) is -0.227. The fourth-order valence-electron chi connectivity index (χ4n) is 6.10. The van der Waals surface area contributed by atoms with Crippen molar-refractivity contribution in [2.24, 2.45) is 5.14 Å². The van der Waals surface area contributed by atoms with Gasteiger partial charge in [0.25, 0.3) is 18.2 Å². The Balaban J connectivity index is 1.64. The highest BCUT2D eigenvalue weighted by Crippen LogP contribution is 2.38. The maximum Gasteiger partial charge on any atom is 0.501 e. The molecule has 0 unspecified atom stereocenters. The minimum Gasteiger partial charge on any atom is -0.406 e.